The first kappa shape index (κ1) is 22.1. The van der Waals surface area contributed by atoms with Crippen molar-refractivity contribution in [3.8, 4) is 0 Å². The van der Waals surface area contributed by atoms with Gasteiger partial charge in [-0.15, -0.1) is 11.3 Å². The second-order valence-electron chi connectivity index (χ2n) is 8.05. The normalized spacial score (nSPS) is 18.3. The van der Waals surface area contributed by atoms with Gasteiger partial charge in [0.05, 0.1) is 12.2 Å². The molecule has 2 rings (SSSR count). The largest absolute Gasteiger partial charge is 0.357 e. The van der Waals surface area contributed by atoms with Crippen LogP contribution in [0.5, 0.6) is 0 Å². The summed E-state index contributed by atoms with van der Waals surface area (Å²) in [6.07, 6.45) is 0. The number of thiazole rings is 1. The van der Waals surface area contributed by atoms with Crippen LogP contribution in [0.2, 0.25) is 0 Å². The topological polar surface area (TPSA) is 55.8 Å². The maximum absolute atomic E-state index is 4.76. The summed E-state index contributed by atoms with van der Waals surface area (Å²) in [5.74, 6) is 1.97. The minimum atomic E-state index is 0.473. The van der Waals surface area contributed by atoms with Gasteiger partial charge in [-0.05, 0) is 25.8 Å². The maximum Gasteiger partial charge on any atom is 0.191 e. The van der Waals surface area contributed by atoms with Crippen LogP contribution in [0.4, 0.5) is 0 Å². The lowest BCUT2D eigenvalue weighted by Crippen LogP contribution is -2.55. The lowest BCUT2D eigenvalue weighted by atomic mass is 10.0. The van der Waals surface area contributed by atoms with E-state index in [0.29, 0.717) is 24.4 Å². The number of hydrogen-bond donors (Lipinski definition) is 2. The quantitative estimate of drug-likeness (QED) is 0.524. The minimum Gasteiger partial charge on any atom is -0.357 e. The molecular formula is C20H38N6S. The van der Waals surface area contributed by atoms with E-state index in [0.717, 1.165) is 55.9 Å². The van der Waals surface area contributed by atoms with Gasteiger partial charge < -0.3 is 15.5 Å². The number of aromatic nitrogens is 1. The second kappa shape index (κ2) is 11.0. The highest BCUT2D eigenvalue weighted by Gasteiger charge is 2.25. The molecule has 0 aromatic carbocycles. The third-order valence-corrected chi connectivity index (χ3v) is 5.98. The highest BCUT2D eigenvalue weighted by Crippen LogP contribution is 2.18. The van der Waals surface area contributed by atoms with Gasteiger partial charge in [-0.3, -0.25) is 4.90 Å². The second-order valence-corrected chi connectivity index (χ2v) is 8.99. The van der Waals surface area contributed by atoms with Crippen molar-refractivity contribution in [1.82, 2.24) is 25.4 Å². The Morgan fingerprint density at radius 2 is 1.89 bits per heavy atom. The molecule has 2 N–H and O–H groups in total. The van der Waals surface area contributed by atoms with Crippen LogP contribution >= 0.6 is 11.3 Å². The summed E-state index contributed by atoms with van der Waals surface area (Å²) in [6.45, 7) is 18.1. The molecule has 0 bridgehead atoms. The number of aliphatic imine (C=N–C) groups is 1. The van der Waals surface area contributed by atoms with E-state index < -0.39 is 0 Å². The molecule has 1 aromatic rings. The Morgan fingerprint density at radius 1 is 1.19 bits per heavy atom. The van der Waals surface area contributed by atoms with Crippen LogP contribution in [0.3, 0.4) is 0 Å². The molecule has 1 saturated heterocycles. The first-order chi connectivity index (χ1) is 12.9. The summed E-state index contributed by atoms with van der Waals surface area (Å²) in [7, 11) is 2.21. The number of nitrogens with zero attached hydrogens (tertiary/aromatic N) is 4. The van der Waals surface area contributed by atoms with Gasteiger partial charge in [0.2, 0.25) is 0 Å². The average Bonchev–Trinajstić information content (AvgIpc) is 3.10. The summed E-state index contributed by atoms with van der Waals surface area (Å²) in [5, 5.41) is 10.2. The summed E-state index contributed by atoms with van der Waals surface area (Å²) in [6, 6.07) is 0.523. The summed E-state index contributed by atoms with van der Waals surface area (Å²) < 4.78 is 0. The van der Waals surface area contributed by atoms with Crippen molar-refractivity contribution >= 4 is 17.3 Å². The predicted octanol–water partition coefficient (Wildman–Crippen LogP) is 2.59. The fourth-order valence-electron chi connectivity index (χ4n) is 3.29. The van der Waals surface area contributed by atoms with Gasteiger partial charge in [0.25, 0.3) is 0 Å². The van der Waals surface area contributed by atoms with Crippen LogP contribution in [-0.4, -0.2) is 73.1 Å². The van der Waals surface area contributed by atoms with E-state index in [9.17, 15) is 0 Å². The summed E-state index contributed by atoms with van der Waals surface area (Å²) in [4.78, 5) is 14.5. The minimum absolute atomic E-state index is 0.473. The third kappa shape index (κ3) is 7.05. The molecule has 6 nitrogen and oxygen atoms in total. The van der Waals surface area contributed by atoms with Gasteiger partial charge in [-0.2, -0.15) is 0 Å². The van der Waals surface area contributed by atoms with Gasteiger partial charge in [-0.1, -0.05) is 27.7 Å². The Bertz CT molecular complexity index is 575. The molecular weight excluding hydrogens is 356 g/mol. The highest BCUT2D eigenvalue weighted by atomic mass is 32.1. The van der Waals surface area contributed by atoms with E-state index in [-0.39, 0.29) is 0 Å². The number of rotatable bonds is 8. The average molecular weight is 395 g/mol. The molecule has 1 fully saturated rings. The van der Waals surface area contributed by atoms with E-state index >= 15 is 0 Å². The molecule has 7 heteroatoms. The molecule has 2 heterocycles. The van der Waals surface area contributed by atoms with Crippen molar-refractivity contribution in [3.63, 3.8) is 0 Å². The van der Waals surface area contributed by atoms with Crippen molar-refractivity contribution in [3.05, 3.63) is 16.1 Å². The lowest BCUT2D eigenvalue weighted by molar-refractivity contribution is 0.0900. The number of guanidine groups is 1. The molecule has 0 amide bonds. The van der Waals surface area contributed by atoms with E-state index in [1.807, 2.05) is 0 Å². The molecule has 0 radical (unpaired) electrons. The molecule has 154 valence electrons. The molecule has 1 unspecified atom stereocenters. The van der Waals surface area contributed by atoms with E-state index in [2.05, 4.69) is 72.5 Å². The van der Waals surface area contributed by atoms with Gasteiger partial charge in [0.1, 0.15) is 5.01 Å². The van der Waals surface area contributed by atoms with Crippen molar-refractivity contribution in [2.24, 2.45) is 10.9 Å². The van der Waals surface area contributed by atoms with Gasteiger partial charge in [0.15, 0.2) is 5.96 Å². The van der Waals surface area contributed by atoms with Crippen LogP contribution < -0.4 is 10.6 Å². The number of likely N-dealkylation sites (N-methyl/N-ethyl adjacent to an activating group) is 1. The van der Waals surface area contributed by atoms with E-state index in [4.69, 9.17) is 4.99 Å². The SMILES string of the molecule is CCNC(=NCc1nc(C(C)C)cs1)NCC(C(C)C)N1CCN(C)CC1. The third-order valence-electron chi connectivity index (χ3n) is 5.13. The zero-order valence-electron chi connectivity index (χ0n) is 18.0. The zero-order valence-corrected chi connectivity index (χ0v) is 18.8. The van der Waals surface area contributed by atoms with Crippen LogP contribution in [-0.2, 0) is 6.54 Å². The molecule has 1 atom stereocenters. The molecule has 1 aliphatic heterocycles. The smallest absolute Gasteiger partial charge is 0.191 e. The van der Waals surface area contributed by atoms with Crippen molar-refractivity contribution < 1.29 is 0 Å². The van der Waals surface area contributed by atoms with E-state index in [1.165, 1.54) is 0 Å². The highest BCUT2D eigenvalue weighted by molar-refractivity contribution is 7.09. The Kier molecular flexibility index (Phi) is 8.99. The zero-order chi connectivity index (χ0) is 19.8. The summed E-state index contributed by atoms with van der Waals surface area (Å²) >= 11 is 1.70. The first-order valence-electron chi connectivity index (χ1n) is 10.3. The Balaban J connectivity index is 1.94. The van der Waals surface area contributed by atoms with Gasteiger partial charge in [-0.25, -0.2) is 9.98 Å². The lowest BCUT2D eigenvalue weighted by Gasteiger charge is -2.40. The molecule has 1 aromatic heterocycles. The standard InChI is InChI=1S/C20H38N6S/c1-7-21-20(23-13-19-24-17(14-27-19)15(2)3)22-12-18(16(4)5)26-10-8-25(6)9-11-26/h14-16,18H,7-13H2,1-6H3,(H2,21,22,23). The Labute approximate surface area is 169 Å². The van der Waals surface area contributed by atoms with Crippen molar-refractivity contribution in [2.75, 3.05) is 46.3 Å². The molecule has 0 aliphatic carbocycles. The van der Waals surface area contributed by atoms with Crippen LogP contribution in [0.15, 0.2) is 10.4 Å². The van der Waals surface area contributed by atoms with Crippen LogP contribution in [0.1, 0.15) is 51.2 Å². The molecule has 0 saturated carbocycles. The molecule has 0 spiro atoms. The Hall–Kier alpha value is -1.18. The van der Waals surface area contributed by atoms with Crippen molar-refractivity contribution in [2.45, 2.75) is 53.1 Å². The molecule has 1 aliphatic rings. The number of hydrogen-bond acceptors (Lipinski definition) is 5. The van der Waals surface area contributed by atoms with E-state index in [1.54, 1.807) is 11.3 Å². The van der Waals surface area contributed by atoms with Gasteiger partial charge in [0, 0.05) is 50.7 Å². The number of piperazine rings is 1. The summed E-state index contributed by atoms with van der Waals surface area (Å²) in [5.41, 5.74) is 1.16. The van der Waals surface area contributed by atoms with Crippen molar-refractivity contribution in [1.29, 1.82) is 0 Å². The van der Waals surface area contributed by atoms with Crippen LogP contribution in [0, 0.1) is 5.92 Å². The molecule has 27 heavy (non-hydrogen) atoms. The fraction of sp³-hybridized carbons (Fsp3) is 0.800. The predicted molar refractivity (Wildman–Crippen MR) is 117 cm³/mol. The maximum atomic E-state index is 4.76. The first-order valence-corrected chi connectivity index (χ1v) is 11.2. The fourth-order valence-corrected chi connectivity index (χ4v) is 4.17. The van der Waals surface area contributed by atoms with Gasteiger partial charge >= 0.3 is 0 Å². The number of nitrogens with one attached hydrogen (secondary N) is 2. The van der Waals surface area contributed by atoms with Crippen LogP contribution in [0.25, 0.3) is 0 Å². The monoisotopic (exact) mass is 394 g/mol. The Morgan fingerprint density at radius 3 is 2.44 bits per heavy atom.